The second-order valence-corrected chi connectivity index (χ2v) is 8.72. The van der Waals surface area contributed by atoms with E-state index in [0.29, 0.717) is 36.4 Å². The lowest BCUT2D eigenvalue weighted by Crippen LogP contribution is -2.49. The van der Waals surface area contributed by atoms with Crippen LogP contribution in [0.2, 0.25) is 0 Å². The van der Waals surface area contributed by atoms with Crippen LogP contribution >= 0.6 is 0 Å². The number of hydrogen-bond donors (Lipinski definition) is 1. The molecule has 6 nitrogen and oxygen atoms in total. The van der Waals surface area contributed by atoms with Gasteiger partial charge in [0.1, 0.15) is 0 Å². The minimum Gasteiger partial charge on any atom is -0.338 e. The number of fused-ring (bicyclic) bond motifs is 4. The normalized spacial score (nSPS) is 19.2. The minimum absolute atomic E-state index is 0.00677. The number of carbonyl (C=O) groups is 2. The summed E-state index contributed by atoms with van der Waals surface area (Å²) in [5, 5.41) is 2.75. The number of carbonyl (C=O) groups excluding carboxylic acids is 2. The van der Waals surface area contributed by atoms with Gasteiger partial charge in [-0.15, -0.1) is 0 Å². The number of hydrogen-bond acceptors (Lipinski definition) is 3. The highest BCUT2D eigenvalue weighted by Gasteiger charge is 2.36. The van der Waals surface area contributed by atoms with E-state index in [1.54, 1.807) is 0 Å². The molecule has 2 aliphatic rings. The second kappa shape index (κ2) is 8.11. The molecule has 3 aromatic rings. The molecule has 0 aliphatic carbocycles. The molecule has 1 fully saturated rings. The monoisotopic (exact) mass is 427 g/mol. The molecule has 2 atom stereocenters. The Labute approximate surface area is 186 Å². The zero-order valence-corrected chi connectivity index (χ0v) is 18.0. The first kappa shape index (κ1) is 20.2. The van der Waals surface area contributed by atoms with Gasteiger partial charge in [-0.05, 0) is 54.3 Å². The Morgan fingerprint density at radius 3 is 2.38 bits per heavy atom. The van der Waals surface area contributed by atoms with Crippen LogP contribution in [0, 0.1) is 5.92 Å². The molecule has 2 unspecified atom stereocenters. The number of rotatable bonds is 3. The SMILES string of the molecule is CC(=O)Nc1ccc(-c2ccc3n(c2=O)CC2CC3CN(C(=O)c3ccccc3)C2)cc1. The first-order valence-electron chi connectivity index (χ1n) is 11.0. The highest BCUT2D eigenvalue weighted by atomic mass is 16.2. The van der Waals surface area contributed by atoms with Gasteiger partial charge in [0.15, 0.2) is 0 Å². The predicted molar refractivity (Wildman–Crippen MR) is 124 cm³/mol. The summed E-state index contributed by atoms with van der Waals surface area (Å²) in [4.78, 5) is 39.5. The van der Waals surface area contributed by atoms with Crippen LogP contribution < -0.4 is 10.9 Å². The van der Waals surface area contributed by atoms with Gasteiger partial charge >= 0.3 is 0 Å². The molecule has 2 aromatic carbocycles. The van der Waals surface area contributed by atoms with E-state index in [2.05, 4.69) is 5.32 Å². The summed E-state index contributed by atoms with van der Waals surface area (Å²) in [6.07, 6.45) is 1.00. The van der Waals surface area contributed by atoms with E-state index in [-0.39, 0.29) is 29.2 Å². The molecule has 0 radical (unpaired) electrons. The summed E-state index contributed by atoms with van der Waals surface area (Å²) in [5.41, 5.74) is 3.92. The zero-order valence-electron chi connectivity index (χ0n) is 18.0. The van der Waals surface area contributed by atoms with Crippen LogP contribution in [0.1, 0.15) is 35.3 Å². The zero-order chi connectivity index (χ0) is 22.2. The van der Waals surface area contributed by atoms with Crippen LogP contribution in [0.4, 0.5) is 5.69 Å². The average Bonchev–Trinajstić information content (AvgIpc) is 2.80. The van der Waals surface area contributed by atoms with Gasteiger partial charge in [0.25, 0.3) is 11.5 Å². The molecule has 0 saturated carbocycles. The molecule has 3 heterocycles. The van der Waals surface area contributed by atoms with Crippen LogP contribution in [-0.4, -0.2) is 34.4 Å². The Bertz CT molecular complexity index is 1230. The molecule has 2 amide bonds. The maximum atomic E-state index is 13.4. The minimum atomic E-state index is -0.127. The van der Waals surface area contributed by atoms with Crippen LogP contribution in [-0.2, 0) is 11.3 Å². The average molecular weight is 428 g/mol. The van der Waals surface area contributed by atoms with E-state index in [4.69, 9.17) is 0 Å². The number of likely N-dealkylation sites (tertiary alicyclic amines) is 1. The molecule has 0 spiro atoms. The van der Waals surface area contributed by atoms with Crippen molar-refractivity contribution >= 4 is 17.5 Å². The largest absolute Gasteiger partial charge is 0.338 e. The number of anilines is 1. The van der Waals surface area contributed by atoms with E-state index in [9.17, 15) is 14.4 Å². The van der Waals surface area contributed by atoms with Crippen molar-refractivity contribution in [3.05, 3.63) is 88.3 Å². The standard InChI is InChI=1S/C26H25N3O3/c1-17(30)27-22-9-7-19(8-10-22)23-11-12-24-21-13-18(15-29(24)26(23)32)14-28(16-21)25(31)20-5-3-2-4-6-20/h2-12,18,21H,13-16H2,1H3,(H,27,30). The molecule has 32 heavy (non-hydrogen) atoms. The number of amides is 2. The first-order valence-corrected chi connectivity index (χ1v) is 11.0. The Hall–Kier alpha value is -3.67. The summed E-state index contributed by atoms with van der Waals surface area (Å²) in [7, 11) is 0. The molecule has 5 rings (SSSR count). The Morgan fingerprint density at radius 1 is 0.906 bits per heavy atom. The third-order valence-electron chi connectivity index (χ3n) is 6.43. The number of aromatic nitrogens is 1. The fourth-order valence-electron chi connectivity index (χ4n) is 5.03. The fraction of sp³-hybridized carbons (Fsp3) is 0.269. The summed E-state index contributed by atoms with van der Waals surface area (Å²) in [6, 6.07) is 20.7. The van der Waals surface area contributed by atoms with Gasteiger partial charge in [0.2, 0.25) is 5.91 Å². The van der Waals surface area contributed by atoms with Crippen molar-refractivity contribution in [1.82, 2.24) is 9.47 Å². The molecule has 1 N–H and O–H groups in total. The third kappa shape index (κ3) is 3.73. The van der Waals surface area contributed by atoms with E-state index < -0.39 is 0 Å². The van der Waals surface area contributed by atoms with Crippen molar-refractivity contribution in [2.75, 3.05) is 18.4 Å². The molecular weight excluding hydrogens is 402 g/mol. The van der Waals surface area contributed by atoms with Crippen LogP contribution in [0.15, 0.2) is 71.5 Å². The smallest absolute Gasteiger partial charge is 0.258 e. The number of piperidine rings is 1. The molecule has 1 saturated heterocycles. The molecular formula is C26H25N3O3. The predicted octanol–water partition coefficient (Wildman–Crippen LogP) is 3.73. The second-order valence-electron chi connectivity index (χ2n) is 8.72. The Morgan fingerprint density at radius 2 is 1.66 bits per heavy atom. The quantitative estimate of drug-likeness (QED) is 0.692. The number of nitrogens with one attached hydrogen (secondary N) is 1. The Balaban J connectivity index is 1.42. The molecule has 162 valence electrons. The maximum absolute atomic E-state index is 13.4. The van der Waals surface area contributed by atoms with Crippen molar-refractivity contribution in [1.29, 1.82) is 0 Å². The summed E-state index contributed by atoms with van der Waals surface area (Å²) in [5.74, 6) is 0.368. The van der Waals surface area contributed by atoms with E-state index >= 15 is 0 Å². The van der Waals surface area contributed by atoms with Crippen molar-refractivity contribution in [2.45, 2.75) is 25.8 Å². The van der Waals surface area contributed by atoms with E-state index in [1.807, 2.05) is 76.2 Å². The van der Waals surface area contributed by atoms with E-state index in [1.165, 1.54) is 6.92 Å². The topological polar surface area (TPSA) is 71.4 Å². The van der Waals surface area contributed by atoms with Crippen LogP contribution in [0.5, 0.6) is 0 Å². The molecule has 1 aromatic heterocycles. The van der Waals surface area contributed by atoms with Crippen molar-refractivity contribution in [3.63, 3.8) is 0 Å². The van der Waals surface area contributed by atoms with Gasteiger partial charge < -0.3 is 14.8 Å². The Kier molecular flexibility index (Phi) is 5.13. The van der Waals surface area contributed by atoms with Crippen LogP contribution in [0.3, 0.4) is 0 Å². The van der Waals surface area contributed by atoms with Gasteiger partial charge in [-0.2, -0.15) is 0 Å². The van der Waals surface area contributed by atoms with Crippen LogP contribution in [0.25, 0.3) is 11.1 Å². The lowest BCUT2D eigenvalue weighted by molar-refractivity contribution is -0.114. The first-order chi connectivity index (χ1) is 15.5. The van der Waals surface area contributed by atoms with Gasteiger partial charge in [0, 0.05) is 55.0 Å². The lowest BCUT2D eigenvalue weighted by Gasteiger charge is -2.43. The van der Waals surface area contributed by atoms with Gasteiger partial charge in [-0.25, -0.2) is 0 Å². The third-order valence-corrected chi connectivity index (χ3v) is 6.43. The number of pyridine rings is 1. The highest BCUT2D eigenvalue weighted by molar-refractivity contribution is 5.94. The number of benzene rings is 2. The lowest BCUT2D eigenvalue weighted by atomic mass is 9.82. The summed E-state index contributed by atoms with van der Waals surface area (Å²) >= 11 is 0. The molecule has 2 aliphatic heterocycles. The summed E-state index contributed by atoms with van der Waals surface area (Å²) in [6.45, 7) is 3.40. The maximum Gasteiger partial charge on any atom is 0.258 e. The van der Waals surface area contributed by atoms with Crippen molar-refractivity contribution < 1.29 is 9.59 Å². The van der Waals surface area contributed by atoms with Gasteiger partial charge in [-0.1, -0.05) is 30.3 Å². The van der Waals surface area contributed by atoms with Crippen molar-refractivity contribution in [2.24, 2.45) is 5.92 Å². The van der Waals surface area contributed by atoms with Gasteiger partial charge in [0.05, 0.1) is 0 Å². The van der Waals surface area contributed by atoms with Gasteiger partial charge in [-0.3, -0.25) is 14.4 Å². The highest BCUT2D eigenvalue weighted by Crippen LogP contribution is 2.36. The summed E-state index contributed by atoms with van der Waals surface area (Å²) < 4.78 is 1.90. The molecule has 6 heteroatoms. The van der Waals surface area contributed by atoms with E-state index in [0.717, 1.165) is 17.7 Å². The van der Waals surface area contributed by atoms with Crippen molar-refractivity contribution in [3.8, 4) is 11.1 Å². The fourth-order valence-corrected chi connectivity index (χ4v) is 5.03. The molecule has 2 bridgehead atoms. The number of nitrogens with zero attached hydrogens (tertiary/aromatic N) is 2.